The second kappa shape index (κ2) is 3.80. The summed E-state index contributed by atoms with van der Waals surface area (Å²) in [5, 5.41) is 0. The number of ether oxygens (including phenoxy) is 1. The topological polar surface area (TPSA) is 65.5 Å². The maximum Gasteiger partial charge on any atom is 0.305 e. The van der Waals surface area contributed by atoms with Crippen LogP contribution >= 0.6 is 0 Å². The third-order valence-electron chi connectivity index (χ3n) is 1.56. The second-order valence-electron chi connectivity index (χ2n) is 2.38. The molecule has 0 atom stereocenters. The number of rotatable bonds is 3. The van der Waals surface area contributed by atoms with Gasteiger partial charge in [-0.1, -0.05) is 0 Å². The van der Waals surface area contributed by atoms with Gasteiger partial charge in [0, 0.05) is 6.42 Å². The van der Waals surface area contributed by atoms with Crippen LogP contribution in [0.4, 0.5) is 5.69 Å². The van der Waals surface area contributed by atoms with Gasteiger partial charge in [0.2, 0.25) is 0 Å². The number of furan rings is 1. The van der Waals surface area contributed by atoms with Crippen molar-refractivity contribution in [2.75, 3.05) is 12.8 Å². The van der Waals surface area contributed by atoms with Crippen LogP contribution in [0, 0.1) is 0 Å². The molecule has 2 N–H and O–H groups in total. The van der Waals surface area contributed by atoms with Crippen LogP contribution < -0.4 is 5.73 Å². The summed E-state index contributed by atoms with van der Waals surface area (Å²) in [5.74, 6) is 0.381. The van der Waals surface area contributed by atoms with E-state index in [1.54, 1.807) is 6.07 Å². The molecule has 12 heavy (non-hydrogen) atoms. The normalized spacial score (nSPS) is 9.75. The summed E-state index contributed by atoms with van der Waals surface area (Å²) in [6, 6.07) is 1.66. The molecular formula is C8H11NO3. The molecule has 4 nitrogen and oxygen atoms in total. The smallest absolute Gasteiger partial charge is 0.305 e. The third-order valence-corrected chi connectivity index (χ3v) is 1.56. The van der Waals surface area contributed by atoms with Gasteiger partial charge in [0.25, 0.3) is 0 Å². The zero-order valence-electron chi connectivity index (χ0n) is 6.87. The maximum atomic E-state index is 10.7. The highest BCUT2D eigenvalue weighted by atomic mass is 16.5. The van der Waals surface area contributed by atoms with Gasteiger partial charge in [-0.3, -0.25) is 4.79 Å². The molecule has 0 aliphatic carbocycles. The van der Waals surface area contributed by atoms with E-state index >= 15 is 0 Å². The Hall–Kier alpha value is -1.45. The van der Waals surface area contributed by atoms with Gasteiger partial charge >= 0.3 is 5.97 Å². The number of nitrogens with two attached hydrogens (primary N) is 1. The molecule has 0 unspecified atom stereocenters. The van der Waals surface area contributed by atoms with Gasteiger partial charge in [-0.25, -0.2) is 0 Å². The Morgan fingerprint density at radius 2 is 2.50 bits per heavy atom. The molecule has 0 amide bonds. The van der Waals surface area contributed by atoms with Crippen LogP contribution in [0.3, 0.4) is 0 Å². The average Bonchev–Trinajstić information content (AvgIpc) is 2.47. The minimum absolute atomic E-state index is 0.259. The number of esters is 1. The summed E-state index contributed by atoms with van der Waals surface area (Å²) in [5.41, 5.74) is 6.10. The molecule has 1 aromatic rings. The molecule has 1 rings (SSSR count). The maximum absolute atomic E-state index is 10.7. The summed E-state index contributed by atoms with van der Waals surface area (Å²) in [4.78, 5) is 10.7. The van der Waals surface area contributed by atoms with Crippen LogP contribution in [-0.2, 0) is 16.0 Å². The molecule has 1 heterocycles. The van der Waals surface area contributed by atoms with Gasteiger partial charge < -0.3 is 14.9 Å². The number of anilines is 1. The number of carbonyl (C=O) groups is 1. The van der Waals surface area contributed by atoms with Crippen molar-refractivity contribution in [3.63, 3.8) is 0 Å². The number of aryl methyl sites for hydroxylation is 1. The highest BCUT2D eigenvalue weighted by Gasteiger charge is 2.06. The Bertz CT molecular complexity index is 267. The van der Waals surface area contributed by atoms with Crippen molar-refractivity contribution in [1.29, 1.82) is 0 Å². The Balaban J connectivity index is 2.43. The molecular weight excluding hydrogens is 158 g/mol. The van der Waals surface area contributed by atoms with E-state index in [0.29, 0.717) is 24.3 Å². The quantitative estimate of drug-likeness (QED) is 0.684. The first-order valence-corrected chi connectivity index (χ1v) is 3.62. The van der Waals surface area contributed by atoms with Crippen LogP contribution in [-0.4, -0.2) is 13.1 Å². The zero-order valence-corrected chi connectivity index (χ0v) is 6.87. The molecule has 0 radical (unpaired) electrons. The van der Waals surface area contributed by atoms with Gasteiger partial charge in [-0.15, -0.1) is 0 Å². The van der Waals surface area contributed by atoms with Crippen LogP contribution in [0.15, 0.2) is 16.7 Å². The lowest BCUT2D eigenvalue weighted by Gasteiger charge is -1.97. The van der Waals surface area contributed by atoms with E-state index in [1.165, 1.54) is 13.4 Å². The van der Waals surface area contributed by atoms with E-state index in [-0.39, 0.29) is 5.97 Å². The largest absolute Gasteiger partial charge is 0.469 e. The Labute approximate surface area is 70.3 Å². The van der Waals surface area contributed by atoms with E-state index in [4.69, 9.17) is 10.2 Å². The molecule has 0 aliphatic rings. The summed E-state index contributed by atoms with van der Waals surface area (Å²) < 4.78 is 9.49. The predicted octanol–water partition coefficient (Wildman–Crippen LogP) is 0.967. The van der Waals surface area contributed by atoms with E-state index in [9.17, 15) is 4.79 Å². The van der Waals surface area contributed by atoms with Crippen molar-refractivity contribution >= 4 is 11.7 Å². The zero-order chi connectivity index (χ0) is 8.97. The standard InChI is InChI=1S/C8H11NO3/c1-11-8(10)3-2-7-6(9)4-5-12-7/h4-5H,2-3,9H2,1H3. The minimum atomic E-state index is -0.259. The molecule has 0 saturated heterocycles. The van der Waals surface area contributed by atoms with Crippen LogP contribution in [0.1, 0.15) is 12.2 Å². The van der Waals surface area contributed by atoms with Gasteiger partial charge in [-0.05, 0) is 6.07 Å². The molecule has 0 aromatic carbocycles. The molecule has 0 spiro atoms. The molecule has 1 aromatic heterocycles. The fraction of sp³-hybridized carbons (Fsp3) is 0.375. The van der Waals surface area contributed by atoms with Crippen molar-refractivity contribution in [2.24, 2.45) is 0 Å². The molecule has 0 fully saturated rings. The van der Waals surface area contributed by atoms with Crippen molar-refractivity contribution in [1.82, 2.24) is 0 Å². The second-order valence-corrected chi connectivity index (χ2v) is 2.38. The lowest BCUT2D eigenvalue weighted by molar-refractivity contribution is -0.140. The molecule has 0 aliphatic heterocycles. The first-order valence-electron chi connectivity index (χ1n) is 3.62. The fourth-order valence-electron chi connectivity index (χ4n) is 0.871. The minimum Gasteiger partial charge on any atom is -0.469 e. The highest BCUT2D eigenvalue weighted by Crippen LogP contribution is 2.14. The van der Waals surface area contributed by atoms with Gasteiger partial charge in [0.1, 0.15) is 5.76 Å². The number of carbonyl (C=O) groups excluding carboxylic acids is 1. The van der Waals surface area contributed by atoms with Crippen molar-refractivity contribution in [3.8, 4) is 0 Å². The van der Waals surface area contributed by atoms with E-state index in [2.05, 4.69) is 4.74 Å². The van der Waals surface area contributed by atoms with Gasteiger partial charge in [0.05, 0.1) is 25.5 Å². The summed E-state index contributed by atoms with van der Waals surface area (Å²) in [7, 11) is 1.35. The third kappa shape index (κ3) is 2.02. The number of hydrogen-bond donors (Lipinski definition) is 1. The van der Waals surface area contributed by atoms with E-state index in [1.807, 2.05) is 0 Å². The monoisotopic (exact) mass is 169 g/mol. The van der Waals surface area contributed by atoms with Crippen LogP contribution in [0.25, 0.3) is 0 Å². The first-order chi connectivity index (χ1) is 5.74. The molecule has 4 heteroatoms. The van der Waals surface area contributed by atoms with E-state index < -0.39 is 0 Å². The number of hydrogen-bond acceptors (Lipinski definition) is 4. The number of nitrogen functional groups attached to an aromatic ring is 1. The molecule has 0 bridgehead atoms. The van der Waals surface area contributed by atoms with Crippen LogP contribution in [0.5, 0.6) is 0 Å². The summed E-state index contributed by atoms with van der Waals surface area (Å²) in [6.07, 6.45) is 2.29. The van der Waals surface area contributed by atoms with Crippen LogP contribution in [0.2, 0.25) is 0 Å². The average molecular weight is 169 g/mol. The SMILES string of the molecule is COC(=O)CCc1occc1N. The lowest BCUT2D eigenvalue weighted by atomic mass is 10.2. The predicted molar refractivity (Wildman–Crippen MR) is 43.5 cm³/mol. The Morgan fingerprint density at radius 3 is 3.00 bits per heavy atom. The fourth-order valence-corrected chi connectivity index (χ4v) is 0.871. The highest BCUT2D eigenvalue weighted by molar-refractivity contribution is 5.69. The summed E-state index contributed by atoms with van der Waals surface area (Å²) >= 11 is 0. The number of methoxy groups -OCH3 is 1. The molecule has 0 saturated carbocycles. The van der Waals surface area contributed by atoms with Crippen molar-refractivity contribution < 1.29 is 13.9 Å². The van der Waals surface area contributed by atoms with E-state index in [0.717, 1.165) is 0 Å². The lowest BCUT2D eigenvalue weighted by Crippen LogP contribution is -2.02. The molecule has 66 valence electrons. The Kier molecular flexibility index (Phi) is 2.74. The summed E-state index contributed by atoms with van der Waals surface area (Å²) in [6.45, 7) is 0. The van der Waals surface area contributed by atoms with Gasteiger partial charge in [-0.2, -0.15) is 0 Å². The van der Waals surface area contributed by atoms with Crippen molar-refractivity contribution in [2.45, 2.75) is 12.8 Å². The Morgan fingerprint density at radius 1 is 1.75 bits per heavy atom. The van der Waals surface area contributed by atoms with Gasteiger partial charge in [0.15, 0.2) is 0 Å². The first kappa shape index (κ1) is 8.64. The van der Waals surface area contributed by atoms with Crippen molar-refractivity contribution in [3.05, 3.63) is 18.1 Å².